The average molecular weight is 345 g/mol. The standard InChI is InChI=1S/C17H17ClN4O2/c1-2-17(13-5-7-14(18)8-6-13)15(23)22(16(24)21-17)11-12(10-20)4-3-9-19/h5-8,12H,2-4,11H2,1H3,(H,21,24)/t12-,17-/m0/s1. The number of carbonyl (C=O) groups excluding carboxylic acids is 2. The van der Waals surface area contributed by atoms with Crippen molar-refractivity contribution in [2.24, 2.45) is 5.92 Å². The molecule has 0 aromatic heterocycles. The van der Waals surface area contributed by atoms with Crippen LogP contribution in [0, 0.1) is 28.6 Å². The second kappa shape index (κ2) is 7.33. The number of nitrogens with zero attached hydrogens (tertiary/aromatic N) is 3. The largest absolute Gasteiger partial charge is 0.325 e. The molecule has 0 bridgehead atoms. The van der Waals surface area contributed by atoms with Crippen LogP contribution in [0.3, 0.4) is 0 Å². The van der Waals surface area contributed by atoms with Crippen LogP contribution >= 0.6 is 11.6 Å². The molecule has 0 aliphatic carbocycles. The summed E-state index contributed by atoms with van der Waals surface area (Å²) in [5, 5.41) is 21.1. The molecule has 1 aliphatic rings. The summed E-state index contributed by atoms with van der Waals surface area (Å²) in [7, 11) is 0. The molecular formula is C17H17ClN4O2. The highest BCUT2D eigenvalue weighted by Gasteiger charge is 2.51. The fraction of sp³-hybridized carbons (Fsp3) is 0.412. The molecule has 0 saturated carbocycles. The molecule has 0 radical (unpaired) electrons. The number of amides is 3. The minimum Gasteiger partial charge on any atom is -0.319 e. The van der Waals surface area contributed by atoms with E-state index in [1.807, 2.05) is 13.0 Å². The van der Waals surface area contributed by atoms with E-state index < -0.39 is 17.5 Å². The molecule has 7 heteroatoms. The van der Waals surface area contributed by atoms with E-state index in [0.717, 1.165) is 4.90 Å². The lowest BCUT2D eigenvalue weighted by Gasteiger charge is -2.26. The molecule has 6 nitrogen and oxygen atoms in total. The molecule has 124 valence electrons. The van der Waals surface area contributed by atoms with Gasteiger partial charge in [0.2, 0.25) is 0 Å². The smallest absolute Gasteiger partial charge is 0.319 e. The van der Waals surface area contributed by atoms with E-state index >= 15 is 0 Å². The summed E-state index contributed by atoms with van der Waals surface area (Å²) < 4.78 is 0. The van der Waals surface area contributed by atoms with Gasteiger partial charge in [0.05, 0.1) is 18.1 Å². The Labute approximate surface area is 145 Å². The molecule has 1 N–H and O–H groups in total. The van der Waals surface area contributed by atoms with E-state index in [0.29, 0.717) is 23.4 Å². The number of carbonyl (C=O) groups is 2. The van der Waals surface area contributed by atoms with E-state index in [1.54, 1.807) is 24.3 Å². The topological polar surface area (TPSA) is 97.0 Å². The Kier molecular flexibility index (Phi) is 5.43. The normalized spacial score (nSPS) is 21.1. The number of rotatable bonds is 6. The fourth-order valence-corrected chi connectivity index (χ4v) is 2.95. The zero-order valence-corrected chi connectivity index (χ0v) is 14.0. The van der Waals surface area contributed by atoms with Crippen LogP contribution in [-0.2, 0) is 10.3 Å². The minimum absolute atomic E-state index is 0.0157. The molecule has 24 heavy (non-hydrogen) atoms. The van der Waals surface area contributed by atoms with Gasteiger partial charge in [-0.1, -0.05) is 30.7 Å². The van der Waals surface area contributed by atoms with Gasteiger partial charge in [0.1, 0.15) is 5.54 Å². The van der Waals surface area contributed by atoms with Crippen molar-refractivity contribution in [1.82, 2.24) is 10.2 Å². The van der Waals surface area contributed by atoms with Crippen LogP contribution in [0.5, 0.6) is 0 Å². The summed E-state index contributed by atoms with van der Waals surface area (Å²) in [6.07, 6.45) is 0.910. The molecule has 1 saturated heterocycles. The van der Waals surface area contributed by atoms with Gasteiger partial charge in [-0.15, -0.1) is 0 Å². The molecule has 1 aromatic rings. The van der Waals surface area contributed by atoms with Crippen LogP contribution in [0.2, 0.25) is 5.02 Å². The van der Waals surface area contributed by atoms with Gasteiger partial charge in [-0.05, 0) is 30.5 Å². The first-order valence-electron chi connectivity index (χ1n) is 7.65. The number of nitrogens with one attached hydrogen (secondary N) is 1. The van der Waals surface area contributed by atoms with Gasteiger partial charge in [0.25, 0.3) is 5.91 Å². The molecule has 1 aliphatic heterocycles. The summed E-state index contributed by atoms with van der Waals surface area (Å²) >= 11 is 5.89. The first-order valence-corrected chi connectivity index (χ1v) is 8.03. The molecule has 1 fully saturated rings. The molecule has 1 aromatic carbocycles. The summed E-state index contributed by atoms with van der Waals surface area (Å²) in [6.45, 7) is 1.80. The van der Waals surface area contributed by atoms with E-state index in [1.165, 1.54) is 0 Å². The zero-order chi connectivity index (χ0) is 17.7. The predicted octanol–water partition coefficient (Wildman–Crippen LogP) is 2.94. The second-order valence-corrected chi connectivity index (χ2v) is 6.07. The minimum atomic E-state index is -1.14. The van der Waals surface area contributed by atoms with Crippen molar-refractivity contribution < 1.29 is 9.59 Å². The van der Waals surface area contributed by atoms with Crippen molar-refractivity contribution in [3.8, 4) is 12.1 Å². The average Bonchev–Trinajstić information content (AvgIpc) is 2.83. The Balaban J connectivity index is 2.27. The number of halogens is 1. The molecule has 2 rings (SSSR count). The van der Waals surface area contributed by atoms with E-state index in [2.05, 4.69) is 11.4 Å². The molecule has 1 heterocycles. The summed E-state index contributed by atoms with van der Waals surface area (Å²) in [5.74, 6) is -0.938. The third kappa shape index (κ3) is 3.20. The van der Waals surface area contributed by atoms with Crippen LogP contribution in [0.4, 0.5) is 4.79 Å². The Morgan fingerprint density at radius 3 is 2.50 bits per heavy atom. The molecule has 2 atom stereocenters. The lowest BCUT2D eigenvalue weighted by Crippen LogP contribution is -2.43. The fourth-order valence-electron chi connectivity index (χ4n) is 2.82. The summed E-state index contributed by atoms with van der Waals surface area (Å²) in [4.78, 5) is 26.3. The van der Waals surface area contributed by atoms with E-state index in [-0.39, 0.29) is 18.9 Å². The van der Waals surface area contributed by atoms with Crippen LogP contribution < -0.4 is 5.32 Å². The SMILES string of the molecule is CC[C@@]1(c2ccc(Cl)cc2)NC(=O)N(C[C@H](C#N)CCC#N)C1=O. The van der Waals surface area contributed by atoms with Crippen LogP contribution in [-0.4, -0.2) is 23.4 Å². The van der Waals surface area contributed by atoms with E-state index in [4.69, 9.17) is 16.9 Å². The lowest BCUT2D eigenvalue weighted by molar-refractivity contribution is -0.132. The van der Waals surface area contributed by atoms with Gasteiger partial charge in [-0.2, -0.15) is 10.5 Å². The van der Waals surface area contributed by atoms with Crippen LogP contribution in [0.25, 0.3) is 0 Å². The quantitative estimate of drug-likeness (QED) is 0.802. The van der Waals surface area contributed by atoms with Crippen molar-refractivity contribution >= 4 is 23.5 Å². The number of hydrogen-bond donors (Lipinski definition) is 1. The van der Waals surface area contributed by atoms with Crippen molar-refractivity contribution in [3.05, 3.63) is 34.9 Å². The van der Waals surface area contributed by atoms with Gasteiger partial charge in [-0.3, -0.25) is 9.69 Å². The number of imide groups is 1. The second-order valence-electron chi connectivity index (χ2n) is 5.63. The zero-order valence-electron chi connectivity index (χ0n) is 13.3. The maximum Gasteiger partial charge on any atom is 0.325 e. The van der Waals surface area contributed by atoms with Gasteiger partial charge >= 0.3 is 6.03 Å². The highest BCUT2D eigenvalue weighted by molar-refractivity contribution is 6.30. The third-order valence-electron chi connectivity index (χ3n) is 4.23. The van der Waals surface area contributed by atoms with Crippen molar-refractivity contribution in [3.63, 3.8) is 0 Å². The van der Waals surface area contributed by atoms with E-state index in [9.17, 15) is 14.9 Å². The monoisotopic (exact) mass is 344 g/mol. The summed E-state index contributed by atoms with van der Waals surface area (Å²) in [6, 6.07) is 10.3. The van der Waals surface area contributed by atoms with Gasteiger partial charge in [-0.25, -0.2) is 4.79 Å². The molecular weight excluding hydrogens is 328 g/mol. The maximum absolute atomic E-state index is 12.9. The number of hydrogen-bond acceptors (Lipinski definition) is 4. The Morgan fingerprint density at radius 2 is 1.96 bits per heavy atom. The highest BCUT2D eigenvalue weighted by atomic mass is 35.5. The summed E-state index contributed by atoms with van der Waals surface area (Å²) in [5.41, 5.74) is -0.488. The predicted molar refractivity (Wildman–Crippen MR) is 87.6 cm³/mol. The van der Waals surface area contributed by atoms with Gasteiger partial charge in [0.15, 0.2) is 0 Å². The molecule has 0 spiro atoms. The molecule has 3 amide bonds. The van der Waals surface area contributed by atoms with Gasteiger partial charge in [0, 0.05) is 18.0 Å². The first kappa shape index (κ1) is 17.8. The Hall–Kier alpha value is -2.57. The maximum atomic E-state index is 12.9. The lowest BCUT2D eigenvalue weighted by atomic mass is 9.87. The number of benzene rings is 1. The van der Waals surface area contributed by atoms with Crippen molar-refractivity contribution in [2.45, 2.75) is 31.7 Å². The first-order chi connectivity index (χ1) is 11.5. The van der Waals surface area contributed by atoms with Crippen LogP contribution in [0.15, 0.2) is 24.3 Å². The molecule has 0 unspecified atom stereocenters. The highest BCUT2D eigenvalue weighted by Crippen LogP contribution is 2.33. The third-order valence-corrected chi connectivity index (χ3v) is 4.49. The van der Waals surface area contributed by atoms with Crippen molar-refractivity contribution in [1.29, 1.82) is 10.5 Å². The number of urea groups is 1. The Bertz CT molecular complexity index is 720. The van der Waals surface area contributed by atoms with Crippen LogP contribution in [0.1, 0.15) is 31.7 Å². The van der Waals surface area contributed by atoms with Crippen molar-refractivity contribution in [2.75, 3.05) is 6.54 Å². The van der Waals surface area contributed by atoms with Gasteiger partial charge < -0.3 is 5.32 Å². The Morgan fingerprint density at radius 1 is 1.29 bits per heavy atom. The number of nitriles is 2.